The van der Waals surface area contributed by atoms with Gasteiger partial charge in [0.15, 0.2) is 5.89 Å². The molecule has 142 valence electrons. The van der Waals surface area contributed by atoms with Crippen LogP contribution in [0.25, 0.3) is 0 Å². The molecule has 0 aliphatic heterocycles. The Morgan fingerprint density at radius 1 is 1.27 bits per heavy atom. The summed E-state index contributed by atoms with van der Waals surface area (Å²) in [7, 11) is -1.24. The minimum Gasteiger partial charge on any atom is -0.493 e. The summed E-state index contributed by atoms with van der Waals surface area (Å²) in [5, 5.41) is 9.01. The number of aryl methyl sites for hydroxylation is 1. The maximum Gasteiger partial charge on any atom is 0.324 e. The molecule has 10 heteroatoms. The van der Waals surface area contributed by atoms with Crippen LogP contribution in [0.2, 0.25) is 0 Å². The number of aliphatic carboxylic acids is 1. The lowest BCUT2D eigenvalue weighted by Gasteiger charge is -2.26. The highest BCUT2D eigenvalue weighted by Crippen LogP contribution is 2.23. The van der Waals surface area contributed by atoms with Crippen molar-refractivity contribution in [3.63, 3.8) is 0 Å². The zero-order valence-corrected chi connectivity index (χ0v) is 15.6. The Hall–Kier alpha value is -2.59. The first-order valence-electron chi connectivity index (χ1n) is 7.76. The molecule has 0 spiro atoms. The molecular formula is C16H21N3O6S. The number of rotatable bonds is 9. The average Bonchev–Trinajstić information content (AvgIpc) is 2.98. The molecule has 26 heavy (non-hydrogen) atoms. The Kier molecular flexibility index (Phi) is 6.22. The quantitative estimate of drug-likeness (QED) is 0.694. The Balaban J connectivity index is 2.06. The maximum absolute atomic E-state index is 12.3. The molecule has 0 fully saturated rings. The maximum atomic E-state index is 12.3. The number of ether oxygens (including phenoxy) is 1. The molecule has 1 N–H and O–H groups in total. The Morgan fingerprint density at radius 2 is 1.92 bits per heavy atom. The molecule has 0 atom stereocenters. The molecule has 0 saturated heterocycles. The van der Waals surface area contributed by atoms with Crippen molar-refractivity contribution in [3.8, 4) is 5.75 Å². The molecule has 0 radical (unpaired) electrons. The van der Waals surface area contributed by atoms with Crippen molar-refractivity contribution in [2.45, 2.75) is 13.3 Å². The first kappa shape index (κ1) is 19.7. The first-order chi connectivity index (χ1) is 12.2. The zero-order chi connectivity index (χ0) is 19.3. The summed E-state index contributed by atoms with van der Waals surface area (Å²) >= 11 is 0. The second kappa shape index (κ2) is 8.19. The lowest BCUT2D eigenvalue weighted by molar-refractivity contribution is -0.135. The van der Waals surface area contributed by atoms with Crippen molar-refractivity contribution in [2.75, 3.05) is 31.6 Å². The van der Waals surface area contributed by atoms with Crippen molar-refractivity contribution in [1.29, 1.82) is 0 Å². The van der Waals surface area contributed by atoms with E-state index >= 15 is 0 Å². The third-order valence-corrected chi connectivity index (χ3v) is 5.26. The molecule has 0 unspecified atom stereocenters. The van der Waals surface area contributed by atoms with Gasteiger partial charge >= 0.3 is 16.2 Å². The van der Waals surface area contributed by atoms with Gasteiger partial charge < -0.3 is 14.3 Å². The second-order valence-electron chi connectivity index (χ2n) is 5.64. The zero-order valence-electron chi connectivity index (χ0n) is 14.7. The van der Waals surface area contributed by atoms with Gasteiger partial charge in [-0.3, -0.25) is 4.79 Å². The summed E-state index contributed by atoms with van der Waals surface area (Å²) in [6.45, 7) is 1.46. The number of benzene rings is 1. The van der Waals surface area contributed by atoms with E-state index in [0.717, 1.165) is 14.3 Å². The smallest absolute Gasteiger partial charge is 0.324 e. The van der Waals surface area contributed by atoms with Crippen LogP contribution in [-0.4, -0.2) is 56.0 Å². The highest BCUT2D eigenvalue weighted by molar-refractivity contribution is 7.90. The first-order valence-corrected chi connectivity index (χ1v) is 9.15. The van der Waals surface area contributed by atoms with Crippen molar-refractivity contribution >= 4 is 21.9 Å². The summed E-state index contributed by atoms with van der Waals surface area (Å²) in [6, 6.07) is 6.17. The molecule has 0 saturated carbocycles. The highest BCUT2D eigenvalue weighted by Gasteiger charge is 2.27. The van der Waals surface area contributed by atoms with Gasteiger partial charge in [0.2, 0.25) is 0 Å². The molecule has 1 aromatic heterocycles. The van der Waals surface area contributed by atoms with Crippen LogP contribution in [-0.2, 0) is 21.4 Å². The summed E-state index contributed by atoms with van der Waals surface area (Å²) in [5.74, 6) is -0.130. The summed E-state index contributed by atoms with van der Waals surface area (Å²) in [5.41, 5.74) is 1.02. The van der Waals surface area contributed by atoms with Crippen molar-refractivity contribution < 1.29 is 27.5 Å². The lowest BCUT2D eigenvalue weighted by atomic mass is 10.3. The fourth-order valence-electron chi connectivity index (χ4n) is 2.13. The molecule has 1 heterocycles. The number of oxazole rings is 1. The van der Waals surface area contributed by atoms with Crippen molar-refractivity contribution in [3.05, 3.63) is 42.1 Å². The van der Waals surface area contributed by atoms with E-state index in [0.29, 0.717) is 24.7 Å². The van der Waals surface area contributed by atoms with Gasteiger partial charge in [-0.25, -0.2) is 9.29 Å². The molecule has 0 aliphatic carbocycles. The van der Waals surface area contributed by atoms with Crippen LogP contribution in [0.1, 0.15) is 11.6 Å². The van der Waals surface area contributed by atoms with E-state index in [4.69, 9.17) is 14.3 Å². The average molecular weight is 383 g/mol. The van der Waals surface area contributed by atoms with E-state index in [1.807, 2.05) is 0 Å². The van der Waals surface area contributed by atoms with Crippen LogP contribution in [0.3, 0.4) is 0 Å². The SMILES string of the molecule is Cc1nc(CCOc2ccc(N(CC(=O)O)S(=O)(=O)N(C)C)cc2)co1. The van der Waals surface area contributed by atoms with E-state index in [2.05, 4.69) is 4.98 Å². The lowest BCUT2D eigenvalue weighted by Crippen LogP contribution is -2.42. The van der Waals surface area contributed by atoms with Gasteiger partial charge in [-0.1, -0.05) is 0 Å². The third kappa shape index (κ3) is 4.96. The molecule has 1 aromatic carbocycles. The number of hydrogen-bond donors (Lipinski definition) is 1. The predicted molar refractivity (Wildman–Crippen MR) is 94.5 cm³/mol. The minimum absolute atomic E-state index is 0.237. The van der Waals surface area contributed by atoms with Crippen LogP contribution in [0.5, 0.6) is 5.75 Å². The van der Waals surface area contributed by atoms with Gasteiger partial charge in [0.05, 0.1) is 18.0 Å². The minimum atomic E-state index is -3.92. The summed E-state index contributed by atoms with van der Waals surface area (Å²) in [6.07, 6.45) is 2.14. The van der Waals surface area contributed by atoms with E-state index < -0.39 is 22.7 Å². The van der Waals surface area contributed by atoms with Gasteiger partial charge in [0.1, 0.15) is 18.6 Å². The Labute approximate surface area is 152 Å². The molecule has 9 nitrogen and oxygen atoms in total. The number of carboxylic acid groups (broad SMARTS) is 1. The molecule has 0 bridgehead atoms. The van der Waals surface area contributed by atoms with E-state index in [-0.39, 0.29) is 5.69 Å². The van der Waals surface area contributed by atoms with Crippen LogP contribution < -0.4 is 9.04 Å². The number of carboxylic acids is 1. The molecular weight excluding hydrogens is 362 g/mol. The molecule has 0 aliphatic rings. The fourth-order valence-corrected chi connectivity index (χ4v) is 3.19. The number of anilines is 1. The standard InChI is InChI=1S/C16H21N3O6S/c1-12-17-13(11-25-12)8-9-24-15-6-4-14(5-7-15)19(10-16(20)21)26(22,23)18(2)3/h4-7,11H,8-10H2,1-3H3,(H,20,21). The van der Waals surface area contributed by atoms with Crippen LogP contribution in [0, 0.1) is 6.92 Å². The van der Waals surface area contributed by atoms with Crippen LogP contribution >= 0.6 is 0 Å². The molecule has 0 amide bonds. The molecule has 2 rings (SSSR count). The van der Waals surface area contributed by atoms with Crippen molar-refractivity contribution in [1.82, 2.24) is 9.29 Å². The Morgan fingerprint density at radius 3 is 2.42 bits per heavy atom. The number of aromatic nitrogens is 1. The second-order valence-corrected chi connectivity index (χ2v) is 7.71. The van der Waals surface area contributed by atoms with Gasteiger partial charge in [0, 0.05) is 27.4 Å². The largest absolute Gasteiger partial charge is 0.493 e. The number of carbonyl (C=O) groups is 1. The Bertz CT molecular complexity index is 845. The summed E-state index contributed by atoms with van der Waals surface area (Å²) < 4.78 is 37.1. The van der Waals surface area contributed by atoms with Crippen molar-refractivity contribution in [2.24, 2.45) is 0 Å². The van der Waals surface area contributed by atoms with Gasteiger partial charge in [0.25, 0.3) is 0 Å². The van der Waals surface area contributed by atoms with E-state index in [1.165, 1.54) is 26.2 Å². The number of nitrogens with zero attached hydrogens (tertiary/aromatic N) is 3. The summed E-state index contributed by atoms with van der Waals surface area (Å²) in [4.78, 5) is 15.2. The van der Waals surface area contributed by atoms with Gasteiger partial charge in [-0.2, -0.15) is 12.7 Å². The third-order valence-electron chi connectivity index (χ3n) is 3.44. The normalized spacial score (nSPS) is 11.5. The van der Waals surface area contributed by atoms with E-state index in [9.17, 15) is 13.2 Å². The predicted octanol–water partition coefficient (Wildman–Crippen LogP) is 1.30. The van der Waals surface area contributed by atoms with E-state index in [1.54, 1.807) is 25.3 Å². The fraction of sp³-hybridized carbons (Fsp3) is 0.375. The number of hydrogen-bond acceptors (Lipinski definition) is 6. The topological polar surface area (TPSA) is 113 Å². The van der Waals surface area contributed by atoms with Crippen LogP contribution in [0.15, 0.2) is 34.9 Å². The van der Waals surface area contributed by atoms with Gasteiger partial charge in [-0.15, -0.1) is 0 Å². The van der Waals surface area contributed by atoms with Crippen LogP contribution in [0.4, 0.5) is 5.69 Å². The highest BCUT2D eigenvalue weighted by atomic mass is 32.2. The van der Waals surface area contributed by atoms with Gasteiger partial charge in [-0.05, 0) is 24.3 Å². The molecule has 2 aromatic rings. The monoisotopic (exact) mass is 383 g/mol.